The fraction of sp³-hybridized carbons (Fsp3) is 0.700. The van der Waals surface area contributed by atoms with Crippen LogP contribution in [0.2, 0.25) is 0 Å². The second kappa shape index (κ2) is 7.78. The fourth-order valence-electron chi connectivity index (χ4n) is 4.15. The Hall–Kier alpha value is -0.900. The van der Waals surface area contributed by atoms with Gasteiger partial charge in [-0.1, -0.05) is 30.3 Å². The molecule has 2 heterocycles. The first-order valence-corrected chi connectivity index (χ1v) is 9.35. The highest BCUT2D eigenvalue weighted by atomic mass is 15.3. The third-order valence-electron chi connectivity index (χ3n) is 5.81. The predicted octanol–water partition coefficient (Wildman–Crippen LogP) is 3.10. The van der Waals surface area contributed by atoms with Gasteiger partial charge in [-0.15, -0.1) is 0 Å². The van der Waals surface area contributed by atoms with Crippen molar-refractivity contribution in [1.29, 1.82) is 0 Å². The second-order valence-corrected chi connectivity index (χ2v) is 7.74. The van der Waals surface area contributed by atoms with Gasteiger partial charge in [0.05, 0.1) is 0 Å². The molecular formula is C20H33N3. The zero-order chi connectivity index (χ0) is 16.2. The molecule has 23 heavy (non-hydrogen) atoms. The molecule has 0 unspecified atom stereocenters. The van der Waals surface area contributed by atoms with Gasteiger partial charge in [-0.25, -0.2) is 0 Å². The summed E-state index contributed by atoms with van der Waals surface area (Å²) in [7, 11) is 2.27. The molecular weight excluding hydrogens is 282 g/mol. The van der Waals surface area contributed by atoms with E-state index < -0.39 is 0 Å². The standard InChI is InChI=1S/C20H33N3/c1-17(2)23-11-9-18(10-12-23)15-22-14-13-21(3)20(16-22)19-7-5-4-6-8-19/h4-8,17-18,20H,9-16H2,1-3H3/t20-/m1/s1. The lowest BCUT2D eigenvalue weighted by Gasteiger charge is -2.42. The molecule has 0 spiro atoms. The maximum Gasteiger partial charge on any atom is 0.0472 e. The van der Waals surface area contributed by atoms with Gasteiger partial charge in [-0.2, -0.15) is 0 Å². The van der Waals surface area contributed by atoms with Gasteiger partial charge in [-0.3, -0.25) is 9.80 Å². The summed E-state index contributed by atoms with van der Waals surface area (Å²) in [5.74, 6) is 0.893. The molecule has 2 aliphatic heterocycles. The van der Waals surface area contributed by atoms with Gasteiger partial charge in [0.1, 0.15) is 0 Å². The van der Waals surface area contributed by atoms with E-state index in [9.17, 15) is 0 Å². The van der Waals surface area contributed by atoms with E-state index in [-0.39, 0.29) is 0 Å². The van der Waals surface area contributed by atoms with Crippen molar-refractivity contribution in [1.82, 2.24) is 14.7 Å². The summed E-state index contributed by atoms with van der Waals surface area (Å²) in [6.45, 7) is 12.1. The maximum absolute atomic E-state index is 2.72. The van der Waals surface area contributed by atoms with Crippen molar-refractivity contribution in [2.24, 2.45) is 5.92 Å². The molecule has 2 aliphatic rings. The highest BCUT2D eigenvalue weighted by Crippen LogP contribution is 2.26. The van der Waals surface area contributed by atoms with Crippen molar-refractivity contribution >= 4 is 0 Å². The van der Waals surface area contributed by atoms with Crippen LogP contribution < -0.4 is 0 Å². The van der Waals surface area contributed by atoms with E-state index in [4.69, 9.17) is 0 Å². The SMILES string of the molecule is CC(C)N1CCC(CN2CCN(C)[C@@H](c3ccccc3)C2)CC1. The lowest BCUT2D eigenvalue weighted by atomic mass is 9.94. The van der Waals surface area contributed by atoms with Gasteiger partial charge < -0.3 is 4.90 Å². The predicted molar refractivity (Wildman–Crippen MR) is 97.7 cm³/mol. The molecule has 1 aromatic carbocycles. The number of nitrogens with zero attached hydrogens (tertiary/aromatic N) is 3. The van der Waals surface area contributed by atoms with Crippen molar-refractivity contribution in [3.8, 4) is 0 Å². The summed E-state index contributed by atoms with van der Waals surface area (Å²) in [6.07, 6.45) is 2.75. The fourth-order valence-corrected chi connectivity index (χ4v) is 4.15. The average Bonchev–Trinajstić information content (AvgIpc) is 2.58. The number of hydrogen-bond donors (Lipinski definition) is 0. The zero-order valence-electron chi connectivity index (χ0n) is 15.1. The van der Waals surface area contributed by atoms with E-state index in [0.29, 0.717) is 12.1 Å². The molecule has 0 aliphatic carbocycles. The molecule has 3 heteroatoms. The van der Waals surface area contributed by atoms with Crippen LogP contribution in [0.1, 0.15) is 38.3 Å². The Kier molecular flexibility index (Phi) is 5.73. The third kappa shape index (κ3) is 4.34. The molecule has 1 aromatic rings. The lowest BCUT2D eigenvalue weighted by Crippen LogP contribution is -2.49. The molecule has 3 nitrogen and oxygen atoms in total. The van der Waals surface area contributed by atoms with Gasteiger partial charge in [0.25, 0.3) is 0 Å². The van der Waals surface area contributed by atoms with Crippen LogP contribution >= 0.6 is 0 Å². The molecule has 0 amide bonds. The minimum atomic E-state index is 0.556. The second-order valence-electron chi connectivity index (χ2n) is 7.74. The Labute approximate surface area is 142 Å². The number of rotatable bonds is 4. The quantitative estimate of drug-likeness (QED) is 0.845. The minimum Gasteiger partial charge on any atom is -0.301 e. The third-order valence-corrected chi connectivity index (χ3v) is 5.81. The molecule has 3 rings (SSSR count). The van der Waals surface area contributed by atoms with Crippen LogP contribution in [0.3, 0.4) is 0 Å². The average molecular weight is 316 g/mol. The van der Waals surface area contributed by atoms with Crippen molar-refractivity contribution in [3.63, 3.8) is 0 Å². The van der Waals surface area contributed by atoms with Crippen LogP contribution in [0.15, 0.2) is 30.3 Å². The lowest BCUT2D eigenvalue weighted by molar-refractivity contribution is 0.0648. The zero-order valence-corrected chi connectivity index (χ0v) is 15.1. The largest absolute Gasteiger partial charge is 0.301 e. The first kappa shape index (κ1) is 16.9. The van der Waals surface area contributed by atoms with Gasteiger partial charge in [0.15, 0.2) is 0 Å². The van der Waals surface area contributed by atoms with Crippen molar-refractivity contribution in [2.45, 2.75) is 38.8 Å². The number of piperazine rings is 1. The Bertz CT molecular complexity index is 465. The van der Waals surface area contributed by atoms with Crippen LogP contribution in [0.5, 0.6) is 0 Å². The summed E-state index contributed by atoms with van der Waals surface area (Å²) in [5.41, 5.74) is 1.47. The van der Waals surface area contributed by atoms with E-state index >= 15 is 0 Å². The smallest absolute Gasteiger partial charge is 0.0472 e. The van der Waals surface area contributed by atoms with Gasteiger partial charge >= 0.3 is 0 Å². The normalized spacial score (nSPS) is 26.0. The van der Waals surface area contributed by atoms with Gasteiger partial charge in [0, 0.05) is 38.3 Å². The Morgan fingerprint density at radius 1 is 1.00 bits per heavy atom. The van der Waals surface area contributed by atoms with Crippen molar-refractivity contribution in [2.75, 3.05) is 46.3 Å². The highest BCUT2D eigenvalue weighted by Gasteiger charge is 2.28. The van der Waals surface area contributed by atoms with Gasteiger partial charge in [-0.05, 0) is 58.3 Å². The highest BCUT2D eigenvalue weighted by molar-refractivity contribution is 5.20. The Balaban J connectivity index is 1.53. The van der Waals surface area contributed by atoms with Crippen LogP contribution in [0.25, 0.3) is 0 Å². The number of piperidine rings is 1. The van der Waals surface area contributed by atoms with Crippen LogP contribution in [0, 0.1) is 5.92 Å². The maximum atomic E-state index is 2.72. The summed E-state index contributed by atoms with van der Waals surface area (Å²) >= 11 is 0. The Morgan fingerprint density at radius 2 is 1.70 bits per heavy atom. The van der Waals surface area contributed by atoms with Crippen LogP contribution in [0.4, 0.5) is 0 Å². The summed E-state index contributed by atoms with van der Waals surface area (Å²) < 4.78 is 0. The molecule has 0 saturated carbocycles. The Morgan fingerprint density at radius 3 is 2.35 bits per heavy atom. The van der Waals surface area contributed by atoms with Crippen molar-refractivity contribution in [3.05, 3.63) is 35.9 Å². The van der Waals surface area contributed by atoms with Crippen molar-refractivity contribution < 1.29 is 0 Å². The molecule has 128 valence electrons. The molecule has 0 bridgehead atoms. The van der Waals surface area contributed by atoms with E-state index in [1.807, 2.05) is 0 Å². The molecule has 1 atom stereocenters. The van der Waals surface area contributed by atoms with E-state index in [0.717, 1.165) is 5.92 Å². The molecule has 2 fully saturated rings. The van der Waals surface area contributed by atoms with E-state index in [2.05, 4.69) is 65.9 Å². The molecule has 2 saturated heterocycles. The van der Waals surface area contributed by atoms with E-state index in [1.54, 1.807) is 0 Å². The molecule has 0 N–H and O–H groups in total. The van der Waals surface area contributed by atoms with E-state index in [1.165, 1.54) is 57.7 Å². The number of likely N-dealkylation sites (N-methyl/N-ethyl adjacent to an activating group) is 1. The number of hydrogen-bond acceptors (Lipinski definition) is 3. The number of likely N-dealkylation sites (tertiary alicyclic amines) is 1. The first-order valence-electron chi connectivity index (χ1n) is 9.35. The monoisotopic (exact) mass is 315 g/mol. The summed E-state index contributed by atoms with van der Waals surface area (Å²) in [6, 6.07) is 12.3. The van der Waals surface area contributed by atoms with Crippen LogP contribution in [-0.2, 0) is 0 Å². The molecule has 0 aromatic heterocycles. The summed E-state index contributed by atoms with van der Waals surface area (Å²) in [4.78, 5) is 7.87. The van der Waals surface area contributed by atoms with Gasteiger partial charge in [0.2, 0.25) is 0 Å². The summed E-state index contributed by atoms with van der Waals surface area (Å²) in [5, 5.41) is 0. The first-order chi connectivity index (χ1) is 11.1. The number of benzene rings is 1. The topological polar surface area (TPSA) is 9.72 Å². The minimum absolute atomic E-state index is 0.556. The van der Waals surface area contributed by atoms with Crippen LogP contribution in [-0.4, -0.2) is 67.1 Å². The molecule has 0 radical (unpaired) electrons.